The van der Waals surface area contributed by atoms with Crippen molar-refractivity contribution in [3.63, 3.8) is 0 Å². The first-order chi connectivity index (χ1) is 27.8. The van der Waals surface area contributed by atoms with Gasteiger partial charge < -0.3 is 19.7 Å². The van der Waals surface area contributed by atoms with Crippen molar-refractivity contribution in [2.24, 2.45) is 73.9 Å². The maximum absolute atomic E-state index is 15.5. The highest BCUT2D eigenvalue weighted by molar-refractivity contribution is 5.85. The molecule has 13 atom stereocenters. The molecule has 320 valence electrons. The summed E-state index contributed by atoms with van der Waals surface area (Å²) in [7, 11) is 0. The number of aromatic nitrogens is 3. The van der Waals surface area contributed by atoms with Gasteiger partial charge in [-0.2, -0.15) is 0 Å². The number of pyridine rings is 1. The summed E-state index contributed by atoms with van der Waals surface area (Å²) in [4.78, 5) is 56.0. The third-order valence-corrected chi connectivity index (χ3v) is 19.9. The second-order valence-electron chi connectivity index (χ2n) is 22.7. The van der Waals surface area contributed by atoms with E-state index < -0.39 is 17.3 Å². The number of carbonyl (C=O) groups excluding carboxylic acids is 2. The Hall–Kier alpha value is -3.49. The zero-order chi connectivity index (χ0) is 42.1. The van der Waals surface area contributed by atoms with Crippen molar-refractivity contribution >= 4 is 17.8 Å². The molecule has 59 heavy (non-hydrogen) atoms. The first kappa shape index (κ1) is 40.9. The summed E-state index contributed by atoms with van der Waals surface area (Å²) in [5.41, 5.74) is 2.39. The zero-order valence-corrected chi connectivity index (χ0v) is 37.1. The van der Waals surface area contributed by atoms with E-state index in [1.165, 1.54) is 12.0 Å². The fraction of sp³-hybridized carbons (Fsp3) is 0.740. The molecule has 1 saturated heterocycles. The molecule has 3 heterocycles. The Labute approximate surface area is 352 Å². The number of aromatic amines is 1. The first-order valence-electron chi connectivity index (χ1n) is 23.2. The van der Waals surface area contributed by atoms with E-state index in [4.69, 9.17) is 9.72 Å². The molecule has 0 spiro atoms. The number of fused-ring (bicyclic) bond motifs is 7. The maximum atomic E-state index is 15.5. The molecule has 1 aliphatic heterocycles. The van der Waals surface area contributed by atoms with Gasteiger partial charge in [0.1, 0.15) is 11.9 Å². The molecule has 9 rings (SSSR count). The number of carboxylic acid groups (broad SMARTS) is 1. The van der Waals surface area contributed by atoms with E-state index in [1.807, 2.05) is 38.4 Å². The lowest BCUT2D eigenvalue weighted by Gasteiger charge is -2.73. The van der Waals surface area contributed by atoms with Crippen LogP contribution >= 0.6 is 0 Å². The van der Waals surface area contributed by atoms with Crippen molar-refractivity contribution in [2.75, 3.05) is 6.54 Å². The summed E-state index contributed by atoms with van der Waals surface area (Å²) in [6.07, 6.45) is 18.2. The number of nitrogens with zero attached hydrogens (tertiary/aromatic N) is 3. The van der Waals surface area contributed by atoms with Gasteiger partial charge >= 0.3 is 11.9 Å². The standard InChI is InChI=1S/C50H70N4O5/c1-29(2)31-16-21-50(44(58)54-25-11-13-36(54)41-52-28-35(53-41)30-12-10-24-51-27-30)23-22-48(8)32(40(31)50)14-15-38-47(7)19-18-39(46(5,6)37(47)17-20-49(38,48)9)59-43(57)34-26-33(42(55)56)45(34,3)4/h10,12,24,27-28,31-34,36-40H,1,11,13-23,25-26H2,2-9H3,(H,52,53)(H,55,56)/t31-,32+,33?,34?,36?,37-,38+,39-,40+,47-,48+,49+,50-/m0/s1. The lowest BCUT2D eigenvalue weighted by molar-refractivity contribution is -0.251. The van der Waals surface area contributed by atoms with Gasteiger partial charge in [-0.25, -0.2) is 4.98 Å². The number of esters is 1. The Kier molecular flexibility index (Phi) is 9.54. The molecule has 2 N–H and O–H groups in total. The predicted octanol–water partition coefficient (Wildman–Crippen LogP) is 10.5. The minimum Gasteiger partial charge on any atom is -0.481 e. The van der Waals surface area contributed by atoms with Crippen LogP contribution in [0.25, 0.3) is 11.3 Å². The Morgan fingerprint density at radius 1 is 0.864 bits per heavy atom. The molecular weight excluding hydrogens is 737 g/mol. The Bertz CT molecular complexity index is 2020. The number of ether oxygens (including phenoxy) is 1. The highest BCUT2D eigenvalue weighted by Crippen LogP contribution is 2.78. The summed E-state index contributed by atoms with van der Waals surface area (Å²) < 4.78 is 6.47. The van der Waals surface area contributed by atoms with Crippen LogP contribution in [0.3, 0.4) is 0 Å². The molecule has 7 aliphatic rings. The highest BCUT2D eigenvalue weighted by atomic mass is 16.5. The van der Waals surface area contributed by atoms with Crippen LogP contribution in [0.15, 0.2) is 42.9 Å². The molecule has 0 bridgehead atoms. The van der Waals surface area contributed by atoms with E-state index in [9.17, 15) is 14.7 Å². The monoisotopic (exact) mass is 807 g/mol. The van der Waals surface area contributed by atoms with Crippen molar-refractivity contribution in [3.05, 3.63) is 48.7 Å². The van der Waals surface area contributed by atoms with Crippen molar-refractivity contribution in [1.82, 2.24) is 19.9 Å². The molecule has 9 nitrogen and oxygen atoms in total. The van der Waals surface area contributed by atoms with Crippen LogP contribution < -0.4 is 0 Å². The SMILES string of the molecule is C=C(C)[C@@H]1CC[C@]2(C(=O)N3CCCC3c3ncc(-c4cccnc4)[nH]3)CC[C@]3(C)[C@H](CC[C@@H]4[C@@]5(C)CC[C@H](OC(=O)C6CC(C(=O)O)C6(C)C)C(C)(C)[C@@H]5CC[C@]43C)[C@@H]12. The number of nitrogens with one attached hydrogen (secondary N) is 1. The number of hydrogen-bond acceptors (Lipinski definition) is 6. The van der Waals surface area contributed by atoms with Gasteiger partial charge in [0, 0.05) is 29.9 Å². The summed E-state index contributed by atoms with van der Waals surface area (Å²) in [6.45, 7) is 24.0. The number of carboxylic acids is 1. The Balaban J connectivity index is 0.968. The van der Waals surface area contributed by atoms with E-state index >= 15 is 4.79 Å². The lowest BCUT2D eigenvalue weighted by atomic mass is 9.32. The number of likely N-dealkylation sites (tertiary alicyclic amines) is 1. The maximum Gasteiger partial charge on any atom is 0.309 e. The molecule has 6 saturated carbocycles. The van der Waals surface area contributed by atoms with Gasteiger partial charge in [0.05, 0.1) is 35.2 Å². The van der Waals surface area contributed by atoms with Gasteiger partial charge in [0.2, 0.25) is 5.91 Å². The Morgan fingerprint density at radius 3 is 2.34 bits per heavy atom. The van der Waals surface area contributed by atoms with Crippen LogP contribution in [0.1, 0.15) is 151 Å². The van der Waals surface area contributed by atoms with Gasteiger partial charge in [-0.3, -0.25) is 19.4 Å². The number of carbonyl (C=O) groups is 3. The van der Waals surface area contributed by atoms with Crippen LogP contribution in [0.2, 0.25) is 0 Å². The normalized spacial score (nSPS) is 43.0. The molecule has 1 amide bonds. The molecule has 2 aromatic heterocycles. The lowest BCUT2D eigenvalue weighted by Crippen LogP contribution is -2.67. The molecular formula is C50H70N4O5. The van der Waals surface area contributed by atoms with Gasteiger partial charge in [-0.05, 0) is 154 Å². The van der Waals surface area contributed by atoms with Gasteiger partial charge in [-0.15, -0.1) is 0 Å². The van der Waals surface area contributed by atoms with Gasteiger partial charge in [0.15, 0.2) is 0 Å². The number of amides is 1. The number of hydrogen-bond donors (Lipinski definition) is 2. The molecule has 2 aromatic rings. The van der Waals surface area contributed by atoms with Gasteiger partial charge in [-0.1, -0.05) is 60.6 Å². The molecule has 9 heteroatoms. The number of H-pyrrole nitrogens is 1. The first-order valence-corrected chi connectivity index (χ1v) is 23.2. The summed E-state index contributed by atoms with van der Waals surface area (Å²) >= 11 is 0. The average Bonchev–Trinajstić information content (AvgIpc) is 3.95. The van der Waals surface area contributed by atoms with Crippen molar-refractivity contribution < 1.29 is 24.2 Å². The van der Waals surface area contributed by atoms with Crippen molar-refractivity contribution in [3.8, 4) is 11.3 Å². The Morgan fingerprint density at radius 2 is 1.64 bits per heavy atom. The molecule has 3 unspecified atom stereocenters. The fourth-order valence-electron chi connectivity index (χ4n) is 16.4. The number of allylic oxidation sites excluding steroid dienone is 1. The highest BCUT2D eigenvalue weighted by Gasteiger charge is 2.72. The van der Waals surface area contributed by atoms with Crippen LogP contribution in [0.5, 0.6) is 0 Å². The van der Waals surface area contributed by atoms with Crippen molar-refractivity contribution in [2.45, 2.75) is 151 Å². The predicted molar refractivity (Wildman–Crippen MR) is 227 cm³/mol. The van der Waals surface area contributed by atoms with Crippen LogP contribution in [-0.4, -0.2) is 55.5 Å². The van der Waals surface area contributed by atoms with E-state index in [0.717, 1.165) is 94.3 Å². The van der Waals surface area contributed by atoms with E-state index in [2.05, 4.69) is 63.0 Å². The van der Waals surface area contributed by atoms with Crippen molar-refractivity contribution in [1.29, 1.82) is 0 Å². The number of aliphatic carboxylic acids is 1. The summed E-state index contributed by atoms with van der Waals surface area (Å²) in [6, 6.07) is 3.95. The molecule has 6 aliphatic carbocycles. The molecule has 7 fully saturated rings. The zero-order valence-electron chi connectivity index (χ0n) is 37.1. The van der Waals surface area contributed by atoms with Gasteiger partial charge in [0.25, 0.3) is 0 Å². The smallest absolute Gasteiger partial charge is 0.309 e. The molecule has 0 radical (unpaired) electrons. The minimum absolute atomic E-state index is 0.0387. The summed E-state index contributed by atoms with van der Waals surface area (Å²) in [5, 5.41) is 9.70. The van der Waals surface area contributed by atoms with E-state index in [-0.39, 0.29) is 51.1 Å². The largest absolute Gasteiger partial charge is 0.481 e. The number of imidazole rings is 1. The third kappa shape index (κ3) is 5.69. The van der Waals surface area contributed by atoms with E-state index in [0.29, 0.717) is 41.9 Å². The van der Waals surface area contributed by atoms with Crippen LogP contribution in [-0.2, 0) is 19.1 Å². The topological polar surface area (TPSA) is 125 Å². The van der Waals surface area contributed by atoms with Crippen LogP contribution in [0, 0.1) is 73.9 Å². The second kappa shape index (κ2) is 13.8. The molecule has 0 aromatic carbocycles. The second-order valence-corrected chi connectivity index (χ2v) is 22.7. The summed E-state index contributed by atoms with van der Waals surface area (Å²) in [5.74, 6) is 1.45. The fourth-order valence-corrected chi connectivity index (χ4v) is 16.4. The van der Waals surface area contributed by atoms with E-state index in [1.54, 1.807) is 6.20 Å². The average molecular weight is 807 g/mol. The quantitative estimate of drug-likeness (QED) is 0.211. The minimum atomic E-state index is -0.818. The number of rotatable bonds is 7. The third-order valence-electron chi connectivity index (χ3n) is 19.9. The van der Waals surface area contributed by atoms with Crippen LogP contribution in [0.4, 0.5) is 0 Å².